The Morgan fingerprint density at radius 2 is 1.89 bits per heavy atom. The zero-order valence-corrected chi connectivity index (χ0v) is 10.9. The molecule has 0 bridgehead atoms. The van der Waals surface area contributed by atoms with E-state index in [9.17, 15) is 4.79 Å². The maximum absolute atomic E-state index is 11.2. The van der Waals surface area contributed by atoms with Crippen LogP contribution in [0.4, 0.5) is 0 Å². The third-order valence-corrected chi connectivity index (χ3v) is 3.48. The second-order valence-corrected chi connectivity index (χ2v) is 4.43. The highest BCUT2D eigenvalue weighted by molar-refractivity contribution is 5.54. The van der Waals surface area contributed by atoms with Crippen molar-refractivity contribution in [3.8, 4) is 11.5 Å². The summed E-state index contributed by atoms with van der Waals surface area (Å²) in [5.41, 5.74) is 0.981. The minimum absolute atomic E-state index is 0.0577. The molecule has 0 radical (unpaired) electrons. The van der Waals surface area contributed by atoms with Gasteiger partial charge in [-0.2, -0.15) is 0 Å². The van der Waals surface area contributed by atoms with Crippen LogP contribution in [-0.2, 0) is 4.79 Å². The Balaban J connectivity index is 2.43. The summed E-state index contributed by atoms with van der Waals surface area (Å²) in [6, 6.07) is 5.78. The molecule has 1 fully saturated rings. The molecule has 1 aliphatic heterocycles. The zero-order chi connectivity index (χ0) is 13.0. The first-order valence-electron chi connectivity index (χ1n) is 6.23. The van der Waals surface area contributed by atoms with Crippen LogP contribution in [0.3, 0.4) is 0 Å². The smallest absolute Gasteiger partial charge is 0.210 e. The van der Waals surface area contributed by atoms with E-state index in [1.54, 1.807) is 14.2 Å². The number of methoxy groups -OCH3 is 2. The first kappa shape index (κ1) is 12.7. The molecule has 98 valence electrons. The Kier molecular flexibility index (Phi) is 4.07. The van der Waals surface area contributed by atoms with Crippen LogP contribution in [0.15, 0.2) is 18.2 Å². The summed E-state index contributed by atoms with van der Waals surface area (Å²) in [7, 11) is 3.29. The van der Waals surface area contributed by atoms with Crippen molar-refractivity contribution in [2.24, 2.45) is 0 Å². The molecule has 1 amide bonds. The maximum atomic E-state index is 11.2. The lowest BCUT2D eigenvalue weighted by Crippen LogP contribution is -2.32. The zero-order valence-electron chi connectivity index (χ0n) is 10.9. The van der Waals surface area contributed by atoms with Crippen molar-refractivity contribution in [1.29, 1.82) is 0 Å². The molecule has 0 spiro atoms. The van der Waals surface area contributed by atoms with E-state index in [1.165, 1.54) is 0 Å². The predicted octanol–water partition coefficient (Wildman–Crippen LogP) is 2.39. The molecule has 0 N–H and O–H groups in total. The molecule has 1 aromatic carbocycles. The molecule has 1 aliphatic rings. The van der Waals surface area contributed by atoms with Crippen molar-refractivity contribution >= 4 is 6.41 Å². The molecule has 18 heavy (non-hydrogen) atoms. The summed E-state index contributed by atoms with van der Waals surface area (Å²) >= 11 is 0. The van der Waals surface area contributed by atoms with Gasteiger partial charge in [-0.15, -0.1) is 0 Å². The largest absolute Gasteiger partial charge is 0.496 e. The fourth-order valence-electron chi connectivity index (χ4n) is 2.60. The SMILES string of the molecule is COc1cccc(OC)c1[C@@H]1CCCCN1C=O. The van der Waals surface area contributed by atoms with Crippen LogP contribution < -0.4 is 9.47 Å². The number of nitrogens with zero attached hydrogens (tertiary/aromatic N) is 1. The minimum atomic E-state index is 0.0577. The van der Waals surface area contributed by atoms with Crippen molar-refractivity contribution in [1.82, 2.24) is 4.90 Å². The topological polar surface area (TPSA) is 38.8 Å². The first-order valence-corrected chi connectivity index (χ1v) is 6.23. The number of rotatable bonds is 4. The van der Waals surface area contributed by atoms with Gasteiger partial charge in [-0.3, -0.25) is 4.79 Å². The van der Waals surface area contributed by atoms with E-state index in [4.69, 9.17) is 9.47 Å². The number of piperidine rings is 1. The lowest BCUT2D eigenvalue weighted by molar-refractivity contribution is -0.121. The summed E-state index contributed by atoms with van der Waals surface area (Å²) < 4.78 is 10.8. The van der Waals surface area contributed by atoms with Gasteiger partial charge in [0.15, 0.2) is 0 Å². The number of amides is 1. The van der Waals surface area contributed by atoms with E-state index in [0.717, 1.165) is 49.3 Å². The molecule has 2 rings (SSSR count). The normalized spacial score (nSPS) is 19.4. The molecule has 4 heteroatoms. The Hall–Kier alpha value is -1.71. The lowest BCUT2D eigenvalue weighted by atomic mass is 9.94. The average Bonchev–Trinajstić information content (AvgIpc) is 2.46. The third kappa shape index (κ3) is 2.28. The molecule has 0 unspecified atom stereocenters. The van der Waals surface area contributed by atoms with Crippen LogP contribution in [0.25, 0.3) is 0 Å². The van der Waals surface area contributed by atoms with Gasteiger partial charge in [-0.25, -0.2) is 0 Å². The van der Waals surface area contributed by atoms with Crippen LogP contribution in [0.5, 0.6) is 11.5 Å². The van der Waals surface area contributed by atoms with Crippen molar-refractivity contribution in [3.63, 3.8) is 0 Å². The average molecular weight is 249 g/mol. The van der Waals surface area contributed by atoms with E-state index in [0.29, 0.717) is 0 Å². The van der Waals surface area contributed by atoms with Gasteiger partial charge in [0.2, 0.25) is 6.41 Å². The Bertz CT molecular complexity index is 397. The fourth-order valence-corrected chi connectivity index (χ4v) is 2.60. The quantitative estimate of drug-likeness (QED) is 0.769. The maximum Gasteiger partial charge on any atom is 0.210 e. The minimum Gasteiger partial charge on any atom is -0.496 e. The van der Waals surface area contributed by atoms with Crippen molar-refractivity contribution in [2.75, 3.05) is 20.8 Å². The number of hydrogen-bond donors (Lipinski definition) is 0. The molecule has 0 aliphatic carbocycles. The van der Waals surface area contributed by atoms with Crippen LogP contribution in [-0.4, -0.2) is 32.1 Å². The van der Waals surface area contributed by atoms with E-state index >= 15 is 0 Å². The molecule has 1 atom stereocenters. The summed E-state index contributed by atoms with van der Waals surface area (Å²) in [4.78, 5) is 13.0. The standard InChI is InChI=1S/C14H19NO3/c1-17-12-7-5-8-13(18-2)14(12)11-6-3-4-9-15(11)10-16/h5,7-8,10-11H,3-4,6,9H2,1-2H3/t11-/m0/s1. The first-order chi connectivity index (χ1) is 8.81. The summed E-state index contributed by atoms with van der Waals surface area (Å²) in [5.74, 6) is 1.57. The number of carbonyl (C=O) groups is 1. The number of benzene rings is 1. The van der Waals surface area contributed by atoms with Crippen molar-refractivity contribution in [2.45, 2.75) is 25.3 Å². The number of hydrogen-bond acceptors (Lipinski definition) is 3. The fraction of sp³-hybridized carbons (Fsp3) is 0.500. The van der Waals surface area contributed by atoms with Crippen molar-refractivity contribution in [3.05, 3.63) is 23.8 Å². The van der Waals surface area contributed by atoms with Gasteiger partial charge in [0.05, 0.1) is 25.8 Å². The summed E-state index contributed by atoms with van der Waals surface area (Å²) in [6.07, 6.45) is 4.06. The molecular formula is C14H19NO3. The number of likely N-dealkylation sites (tertiary alicyclic amines) is 1. The second-order valence-electron chi connectivity index (χ2n) is 4.43. The van der Waals surface area contributed by atoms with Gasteiger partial charge in [0.1, 0.15) is 11.5 Å². The number of ether oxygens (including phenoxy) is 2. The molecule has 1 heterocycles. The van der Waals surface area contributed by atoms with E-state index in [2.05, 4.69) is 0 Å². The van der Waals surface area contributed by atoms with Gasteiger partial charge >= 0.3 is 0 Å². The van der Waals surface area contributed by atoms with E-state index < -0.39 is 0 Å². The summed E-state index contributed by atoms with van der Waals surface area (Å²) in [6.45, 7) is 0.801. The Labute approximate surface area is 107 Å². The molecule has 4 nitrogen and oxygen atoms in total. The van der Waals surface area contributed by atoms with Crippen molar-refractivity contribution < 1.29 is 14.3 Å². The highest BCUT2D eigenvalue weighted by atomic mass is 16.5. The van der Waals surface area contributed by atoms with Crippen LogP contribution >= 0.6 is 0 Å². The highest BCUT2D eigenvalue weighted by Crippen LogP contribution is 2.40. The Morgan fingerprint density at radius 3 is 2.44 bits per heavy atom. The van der Waals surface area contributed by atoms with Gasteiger partial charge in [0, 0.05) is 6.54 Å². The molecule has 0 aromatic heterocycles. The molecular weight excluding hydrogens is 230 g/mol. The van der Waals surface area contributed by atoms with E-state index in [1.807, 2.05) is 23.1 Å². The van der Waals surface area contributed by atoms with Gasteiger partial charge < -0.3 is 14.4 Å². The van der Waals surface area contributed by atoms with Crippen LogP contribution in [0.1, 0.15) is 30.9 Å². The monoisotopic (exact) mass is 249 g/mol. The Morgan fingerprint density at radius 1 is 1.22 bits per heavy atom. The van der Waals surface area contributed by atoms with Gasteiger partial charge in [0.25, 0.3) is 0 Å². The van der Waals surface area contributed by atoms with Gasteiger partial charge in [-0.1, -0.05) is 6.07 Å². The molecule has 0 saturated carbocycles. The third-order valence-electron chi connectivity index (χ3n) is 3.48. The lowest BCUT2D eigenvalue weighted by Gasteiger charge is -2.34. The van der Waals surface area contributed by atoms with Crippen LogP contribution in [0, 0.1) is 0 Å². The van der Waals surface area contributed by atoms with E-state index in [-0.39, 0.29) is 6.04 Å². The van der Waals surface area contributed by atoms with Crippen LogP contribution in [0.2, 0.25) is 0 Å². The second kappa shape index (κ2) is 5.76. The predicted molar refractivity (Wildman–Crippen MR) is 68.9 cm³/mol. The molecule has 1 aromatic rings. The molecule has 1 saturated heterocycles. The highest BCUT2D eigenvalue weighted by Gasteiger charge is 2.28. The number of carbonyl (C=O) groups excluding carboxylic acids is 1. The van der Waals surface area contributed by atoms with Gasteiger partial charge in [-0.05, 0) is 31.4 Å². The summed E-state index contributed by atoms with van der Waals surface area (Å²) in [5, 5.41) is 0.